The van der Waals surface area contributed by atoms with Gasteiger partial charge in [0, 0.05) is 4.90 Å². The van der Waals surface area contributed by atoms with Crippen molar-refractivity contribution in [2.75, 3.05) is 6.26 Å². The predicted octanol–water partition coefficient (Wildman–Crippen LogP) is 2.47. The molecule has 1 aromatic rings. The quantitative estimate of drug-likeness (QED) is 0.756. The summed E-state index contributed by atoms with van der Waals surface area (Å²) in [6.45, 7) is 1.70. The summed E-state index contributed by atoms with van der Waals surface area (Å²) in [5.74, 6) is -0.242. The van der Waals surface area contributed by atoms with E-state index in [1.54, 1.807) is 24.8 Å². The number of aliphatic hydroxyl groups excluding tert-OH is 1. The molecule has 13 heavy (non-hydrogen) atoms. The van der Waals surface area contributed by atoms with Gasteiger partial charge in [0.15, 0.2) is 0 Å². The van der Waals surface area contributed by atoms with Crippen molar-refractivity contribution in [2.45, 2.75) is 24.3 Å². The number of benzene rings is 1. The van der Waals surface area contributed by atoms with Gasteiger partial charge < -0.3 is 5.11 Å². The fraction of sp³-hybridized carbons (Fsp3) is 0.400. The monoisotopic (exact) mass is 200 g/mol. The summed E-state index contributed by atoms with van der Waals surface area (Å²) >= 11 is 1.57. The van der Waals surface area contributed by atoms with Gasteiger partial charge in [-0.05, 0) is 43.4 Å². The Bertz CT molecular complexity index is 286. The van der Waals surface area contributed by atoms with Gasteiger partial charge in [0.25, 0.3) is 0 Å². The zero-order valence-corrected chi connectivity index (χ0v) is 8.57. The SMILES string of the molecule is CSc1ccc(F)cc1CC(C)O. The Labute approximate surface area is 82.0 Å². The molecule has 0 aliphatic rings. The number of halogens is 1. The van der Waals surface area contributed by atoms with Crippen LogP contribution in [0.3, 0.4) is 0 Å². The van der Waals surface area contributed by atoms with Gasteiger partial charge in [0.2, 0.25) is 0 Å². The van der Waals surface area contributed by atoms with Crippen LogP contribution in [0.25, 0.3) is 0 Å². The zero-order chi connectivity index (χ0) is 9.84. The molecule has 0 fully saturated rings. The fourth-order valence-electron chi connectivity index (χ4n) is 1.22. The molecule has 72 valence electrons. The molecule has 0 aliphatic heterocycles. The molecule has 0 spiro atoms. The lowest BCUT2D eigenvalue weighted by atomic mass is 10.1. The summed E-state index contributed by atoms with van der Waals surface area (Å²) in [7, 11) is 0. The Morgan fingerprint density at radius 2 is 2.23 bits per heavy atom. The highest BCUT2D eigenvalue weighted by atomic mass is 32.2. The normalized spacial score (nSPS) is 12.9. The first kappa shape index (κ1) is 10.5. The standard InChI is InChI=1S/C10H13FOS/c1-7(12)5-8-6-9(11)3-4-10(8)13-2/h3-4,6-7,12H,5H2,1-2H3. The third-order valence-corrected chi connectivity index (χ3v) is 2.60. The number of hydrogen-bond acceptors (Lipinski definition) is 2. The lowest BCUT2D eigenvalue weighted by molar-refractivity contribution is 0.194. The van der Waals surface area contributed by atoms with Crippen molar-refractivity contribution in [1.82, 2.24) is 0 Å². The first-order chi connectivity index (χ1) is 6.13. The Balaban J connectivity index is 2.94. The Morgan fingerprint density at radius 3 is 2.77 bits per heavy atom. The molecule has 0 aliphatic carbocycles. The maximum Gasteiger partial charge on any atom is 0.123 e. The highest BCUT2D eigenvalue weighted by molar-refractivity contribution is 7.98. The van der Waals surface area contributed by atoms with Crippen molar-refractivity contribution < 1.29 is 9.50 Å². The average molecular weight is 200 g/mol. The van der Waals surface area contributed by atoms with Crippen molar-refractivity contribution in [3.05, 3.63) is 29.6 Å². The van der Waals surface area contributed by atoms with Crippen molar-refractivity contribution in [3.8, 4) is 0 Å². The van der Waals surface area contributed by atoms with Gasteiger partial charge in [-0.1, -0.05) is 0 Å². The second-order valence-electron chi connectivity index (χ2n) is 3.01. The van der Waals surface area contributed by atoms with Crippen molar-refractivity contribution in [1.29, 1.82) is 0 Å². The second kappa shape index (κ2) is 4.63. The molecular formula is C10H13FOS. The number of thioether (sulfide) groups is 1. The molecule has 1 unspecified atom stereocenters. The van der Waals surface area contributed by atoms with E-state index in [4.69, 9.17) is 0 Å². The van der Waals surface area contributed by atoms with Crippen LogP contribution in [0, 0.1) is 5.82 Å². The van der Waals surface area contributed by atoms with Crippen molar-refractivity contribution >= 4 is 11.8 Å². The zero-order valence-electron chi connectivity index (χ0n) is 7.75. The van der Waals surface area contributed by atoms with E-state index >= 15 is 0 Å². The van der Waals surface area contributed by atoms with Crippen LogP contribution in [-0.4, -0.2) is 17.5 Å². The topological polar surface area (TPSA) is 20.2 Å². The smallest absolute Gasteiger partial charge is 0.123 e. The van der Waals surface area contributed by atoms with Crippen LogP contribution in [0.4, 0.5) is 4.39 Å². The molecule has 1 atom stereocenters. The lowest BCUT2D eigenvalue weighted by Gasteiger charge is -2.08. The highest BCUT2D eigenvalue weighted by Gasteiger charge is 2.05. The summed E-state index contributed by atoms with van der Waals surface area (Å²) in [4.78, 5) is 1.03. The van der Waals surface area contributed by atoms with E-state index in [-0.39, 0.29) is 5.82 Å². The first-order valence-corrected chi connectivity index (χ1v) is 5.36. The molecule has 0 heterocycles. The number of rotatable bonds is 3. The van der Waals surface area contributed by atoms with Crippen LogP contribution in [0.15, 0.2) is 23.1 Å². The van der Waals surface area contributed by atoms with Crippen LogP contribution in [0.5, 0.6) is 0 Å². The van der Waals surface area contributed by atoms with E-state index in [1.165, 1.54) is 12.1 Å². The van der Waals surface area contributed by atoms with Gasteiger partial charge in [0.1, 0.15) is 5.82 Å². The average Bonchev–Trinajstić information content (AvgIpc) is 2.03. The maximum atomic E-state index is 12.8. The van der Waals surface area contributed by atoms with E-state index < -0.39 is 6.10 Å². The Kier molecular flexibility index (Phi) is 3.75. The molecule has 1 N–H and O–H groups in total. The number of aliphatic hydroxyl groups is 1. The van der Waals surface area contributed by atoms with Gasteiger partial charge in [-0.3, -0.25) is 0 Å². The van der Waals surface area contributed by atoms with Gasteiger partial charge in [-0.2, -0.15) is 0 Å². The van der Waals surface area contributed by atoms with Crippen LogP contribution in [-0.2, 0) is 6.42 Å². The summed E-state index contributed by atoms with van der Waals surface area (Å²) in [6.07, 6.45) is 2.03. The molecular weight excluding hydrogens is 187 g/mol. The number of hydrogen-bond donors (Lipinski definition) is 1. The summed E-state index contributed by atoms with van der Waals surface area (Å²) < 4.78 is 12.8. The molecule has 0 saturated heterocycles. The summed E-state index contributed by atoms with van der Waals surface area (Å²) in [5.41, 5.74) is 0.877. The van der Waals surface area contributed by atoms with E-state index in [2.05, 4.69) is 0 Å². The summed E-state index contributed by atoms with van der Waals surface area (Å²) in [6, 6.07) is 4.67. The van der Waals surface area contributed by atoms with Gasteiger partial charge in [0.05, 0.1) is 6.10 Å². The third kappa shape index (κ3) is 3.01. The largest absolute Gasteiger partial charge is 0.393 e. The predicted molar refractivity (Wildman–Crippen MR) is 53.6 cm³/mol. The minimum Gasteiger partial charge on any atom is -0.393 e. The van der Waals surface area contributed by atoms with Crippen LogP contribution in [0.2, 0.25) is 0 Å². The second-order valence-corrected chi connectivity index (χ2v) is 3.86. The van der Waals surface area contributed by atoms with E-state index in [0.29, 0.717) is 6.42 Å². The van der Waals surface area contributed by atoms with Gasteiger partial charge >= 0.3 is 0 Å². The fourth-order valence-corrected chi connectivity index (χ4v) is 1.83. The van der Waals surface area contributed by atoms with E-state index in [0.717, 1.165) is 10.5 Å². The molecule has 1 aromatic carbocycles. The molecule has 0 radical (unpaired) electrons. The Hall–Kier alpha value is -0.540. The molecule has 1 rings (SSSR count). The lowest BCUT2D eigenvalue weighted by Crippen LogP contribution is -2.05. The molecule has 0 bridgehead atoms. The molecule has 0 saturated carbocycles. The highest BCUT2D eigenvalue weighted by Crippen LogP contribution is 2.22. The minimum absolute atomic E-state index is 0.242. The molecule has 0 aromatic heterocycles. The van der Waals surface area contributed by atoms with Crippen LogP contribution >= 0.6 is 11.8 Å². The molecule has 1 nitrogen and oxygen atoms in total. The van der Waals surface area contributed by atoms with Crippen molar-refractivity contribution in [3.63, 3.8) is 0 Å². The maximum absolute atomic E-state index is 12.8. The first-order valence-electron chi connectivity index (χ1n) is 4.14. The van der Waals surface area contributed by atoms with Crippen LogP contribution < -0.4 is 0 Å². The minimum atomic E-state index is -0.423. The van der Waals surface area contributed by atoms with Gasteiger partial charge in [-0.15, -0.1) is 11.8 Å². The van der Waals surface area contributed by atoms with Crippen molar-refractivity contribution in [2.24, 2.45) is 0 Å². The molecule has 3 heteroatoms. The van der Waals surface area contributed by atoms with E-state index in [9.17, 15) is 9.50 Å². The van der Waals surface area contributed by atoms with Gasteiger partial charge in [-0.25, -0.2) is 4.39 Å². The third-order valence-electron chi connectivity index (χ3n) is 1.76. The van der Waals surface area contributed by atoms with E-state index in [1.807, 2.05) is 6.26 Å². The molecule has 0 amide bonds. The van der Waals surface area contributed by atoms with Crippen LogP contribution in [0.1, 0.15) is 12.5 Å². The summed E-state index contributed by atoms with van der Waals surface area (Å²) in [5, 5.41) is 9.18. The Morgan fingerprint density at radius 1 is 1.54 bits per heavy atom.